The Hall–Kier alpha value is -2.49. The lowest BCUT2D eigenvalue weighted by Crippen LogP contribution is -2.28. The molecule has 1 saturated heterocycles. The third-order valence-electron chi connectivity index (χ3n) is 5.48. The number of carbonyl (C=O) groups excluding carboxylic acids is 1. The van der Waals surface area contributed by atoms with Gasteiger partial charge in [0.05, 0.1) is 19.7 Å². The summed E-state index contributed by atoms with van der Waals surface area (Å²) in [5.41, 5.74) is 3.61. The van der Waals surface area contributed by atoms with Crippen LogP contribution in [-0.4, -0.2) is 30.8 Å². The zero-order chi connectivity index (χ0) is 19.4. The third kappa shape index (κ3) is 5.06. The summed E-state index contributed by atoms with van der Waals surface area (Å²) in [4.78, 5) is 14.2. The van der Waals surface area contributed by atoms with E-state index in [0.717, 1.165) is 24.2 Å². The predicted octanol–water partition coefficient (Wildman–Crippen LogP) is 6.11. The molecule has 0 aliphatic carbocycles. The van der Waals surface area contributed by atoms with E-state index >= 15 is 0 Å². The monoisotopic (exact) mass is 383 g/mol. The van der Waals surface area contributed by atoms with Gasteiger partial charge in [0.15, 0.2) is 0 Å². The highest BCUT2D eigenvalue weighted by molar-refractivity contribution is 5.70. The Labute approximate surface area is 169 Å². The van der Waals surface area contributed by atoms with Gasteiger partial charge in [-0.2, -0.15) is 0 Å². The minimum atomic E-state index is -0.206. The maximum atomic E-state index is 12.4. The van der Waals surface area contributed by atoms with Crippen LogP contribution in [0.5, 0.6) is 5.75 Å². The van der Waals surface area contributed by atoms with Crippen molar-refractivity contribution in [2.45, 2.75) is 59.1 Å². The predicted molar refractivity (Wildman–Crippen MR) is 114 cm³/mol. The molecular weight excluding hydrogens is 350 g/mol. The highest BCUT2D eigenvalue weighted by Gasteiger charge is 2.34. The van der Waals surface area contributed by atoms with Gasteiger partial charge in [-0.1, -0.05) is 56.3 Å². The van der Waals surface area contributed by atoms with E-state index in [9.17, 15) is 4.79 Å². The Bertz CT molecular complexity index is 789. The van der Waals surface area contributed by atoms with Crippen molar-refractivity contribution in [2.24, 2.45) is 0 Å². The van der Waals surface area contributed by atoms with Gasteiger partial charge >= 0.3 is 6.09 Å². The van der Waals surface area contributed by atoms with Crippen molar-refractivity contribution in [1.82, 2.24) is 4.90 Å². The lowest BCUT2D eigenvalue weighted by Gasteiger charge is -2.22. The van der Waals surface area contributed by atoms with Gasteiger partial charge in [0, 0.05) is 0 Å². The van der Waals surface area contributed by atoms with Gasteiger partial charge in [-0.15, -0.1) is 0 Å². The zero-order valence-electron chi connectivity index (χ0n) is 16.6. The van der Waals surface area contributed by atoms with Crippen LogP contribution in [-0.2, 0) is 4.74 Å². The fourth-order valence-electron chi connectivity index (χ4n) is 3.67. The summed E-state index contributed by atoms with van der Waals surface area (Å²) in [6.45, 7) is 7.00. The molecule has 2 aromatic rings. The maximum absolute atomic E-state index is 12.4. The van der Waals surface area contributed by atoms with Crippen LogP contribution >= 0.6 is 0 Å². The van der Waals surface area contributed by atoms with E-state index in [1.165, 1.54) is 11.1 Å². The van der Waals surface area contributed by atoms with Crippen molar-refractivity contribution in [1.29, 1.82) is 0 Å². The summed E-state index contributed by atoms with van der Waals surface area (Å²) in [6.07, 6.45) is 1.58. The van der Waals surface area contributed by atoms with Gasteiger partial charge in [0.25, 0.3) is 0 Å². The Morgan fingerprint density at radius 3 is 2.57 bits per heavy atom. The first-order chi connectivity index (χ1) is 13.0. The molecule has 3 rings (SSSR count). The number of aryl methyl sites for hydroxylation is 1. The van der Waals surface area contributed by atoms with Crippen molar-refractivity contribution in [2.75, 3.05) is 13.7 Å². The number of hydrogen-bond donors (Lipinski definition) is 0. The third-order valence-corrected chi connectivity index (χ3v) is 5.48. The molecule has 4 nitrogen and oxygen atoms in total. The number of cyclic esters (lactones) is 1. The van der Waals surface area contributed by atoms with E-state index < -0.39 is 0 Å². The normalized spacial score (nSPS) is 18.2. The fourth-order valence-corrected chi connectivity index (χ4v) is 3.67. The van der Waals surface area contributed by atoms with Crippen LogP contribution in [0.15, 0.2) is 48.5 Å². The molecule has 0 unspecified atom stereocenters. The van der Waals surface area contributed by atoms with Crippen LogP contribution in [0.2, 0.25) is 0 Å². The van der Waals surface area contributed by atoms with Gasteiger partial charge in [0.2, 0.25) is 0 Å². The van der Waals surface area contributed by atoms with Crippen LogP contribution in [0.4, 0.5) is 4.79 Å². The second-order valence-electron chi connectivity index (χ2n) is 7.50. The molecule has 1 amide bonds. The number of carbonyl (C=O) groups is 1. The highest BCUT2D eigenvalue weighted by atomic mass is 16.6. The van der Waals surface area contributed by atoms with Gasteiger partial charge in [-0.3, -0.25) is 4.90 Å². The average molecular weight is 384 g/mol. The van der Waals surface area contributed by atoms with Crippen molar-refractivity contribution in [3.8, 4) is 5.75 Å². The number of methoxy groups -OCH3 is 1. The second-order valence-corrected chi connectivity index (χ2v) is 7.50. The number of nitrogens with zero attached hydrogens (tertiary/aromatic N) is 1. The molecule has 1 aliphatic rings. The van der Waals surface area contributed by atoms with E-state index in [4.69, 9.17) is 9.47 Å². The van der Waals surface area contributed by atoms with E-state index in [2.05, 4.69) is 51.1 Å². The SMILES string of the molecule is C.COc1cccc([C@H](C)CC[C@H]2CN([C@@H](C)c3cccc(C)c3)C(=O)O2)c1. The minimum absolute atomic E-state index is 0. The topological polar surface area (TPSA) is 38.8 Å². The highest BCUT2D eigenvalue weighted by Crippen LogP contribution is 2.30. The van der Waals surface area contributed by atoms with Crippen LogP contribution in [0.25, 0.3) is 0 Å². The van der Waals surface area contributed by atoms with E-state index in [0.29, 0.717) is 12.5 Å². The van der Waals surface area contributed by atoms with Crippen molar-refractivity contribution in [3.05, 3.63) is 65.2 Å². The molecule has 1 fully saturated rings. The maximum Gasteiger partial charge on any atom is 0.410 e. The molecule has 3 atom stereocenters. The molecule has 1 heterocycles. The summed E-state index contributed by atoms with van der Waals surface area (Å²) in [5, 5.41) is 0. The van der Waals surface area contributed by atoms with E-state index in [1.807, 2.05) is 23.1 Å². The first kappa shape index (κ1) is 21.8. The van der Waals surface area contributed by atoms with Gasteiger partial charge in [-0.25, -0.2) is 4.79 Å². The number of ether oxygens (including phenoxy) is 2. The summed E-state index contributed by atoms with van der Waals surface area (Å²) < 4.78 is 11.0. The molecule has 0 saturated carbocycles. The number of amides is 1. The van der Waals surface area contributed by atoms with Crippen LogP contribution < -0.4 is 4.74 Å². The molecule has 1 aliphatic heterocycles. The van der Waals surface area contributed by atoms with Crippen molar-refractivity contribution >= 4 is 6.09 Å². The minimum Gasteiger partial charge on any atom is -0.497 e. The Morgan fingerprint density at radius 2 is 1.86 bits per heavy atom. The molecule has 0 radical (unpaired) electrons. The first-order valence-electron chi connectivity index (χ1n) is 9.65. The molecule has 4 heteroatoms. The smallest absolute Gasteiger partial charge is 0.410 e. The Kier molecular flexibility index (Phi) is 7.50. The zero-order valence-corrected chi connectivity index (χ0v) is 16.6. The molecule has 0 bridgehead atoms. The Balaban J connectivity index is 0.00000280. The van der Waals surface area contributed by atoms with E-state index in [1.54, 1.807) is 7.11 Å². The first-order valence-corrected chi connectivity index (χ1v) is 9.65. The molecule has 28 heavy (non-hydrogen) atoms. The largest absolute Gasteiger partial charge is 0.497 e. The summed E-state index contributed by atoms with van der Waals surface area (Å²) >= 11 is 0. The van der Waals surface area contributed by atoms with Crippen LogP contribution in [0.3, 0.4) is 0 Å². The van der Waals surface area contributed by atoms with Crippen molar-refractivity contribution in [3.63, 3.8) is 0 Å². The van der Waals surface area contributed by atoms with Crippen molar-refractivity contribution < 1.29 is 14.3 Å². The van der Waals surface area contributed by atoms with Gasteiger partial charge in [0.1, 0.15) is 11.9 Å². The average Bonchev–Trinajstić information content (AvgIpc) is 3.06. The molecule has 2 aromatic carbocycles. The molecular formula is C24H33NO3. The summed E-state index contributed by atoms with van der Waals surface area (Å²) in [5.74, 6) is 1.27. The summed E-state index contributed by atoms with van der Waals surface area (Å²) in [6, 6.07) is 16.5. The molecule has 0 N–H and O–H groups in total. The standard InChI is InChI=1S/C23H29NO3.CH4/c1-16-7-5-9-20(13-16)18(3)24-15-22(27-23(24)25)12-11-17(2)19-8-6-10-21(14-19)26-4;/h5-10,13-14,17-18,22H,11-12,15H2,1-4H3;1H4/t17-,18+,22+;/m1./s1. The second kappa shape index (κ2) is 9.63. The molecule has 152 valence electrons. The molecule has 0 spiro atoms. The van der Waals surface area contributed by atoms with Crippen LogP contribution in [0, 0.1) is 6.92 Å². The van der Waals surface area contributed by atoms with Crippen LogP contribution in [0.1, 0.15) is 62.8 Å². The molecule has 0 aromatic heterocycles. The number of benzene rings is 2. The summed E-state index contributed by atoms with van der Waals surface area (Å²) in [7, 11) is 1.69. The lowest BCUT2D eigenvalue weighted by atomic mass is 9.94. The number of rotatable bonds is 7. The quantitative estimate of drug-likeness (QED) is 0.579. The Morgan fingerprint density at radius 1 is 1.14 bits per heavy atom. The number of hydrogen-bond acceptors (Lipinski definition) is 3. The van der Waals surface area contributed by atoms with Gasteiger partial charge in [-0.05, 0) is 55.9 Å². The van der Waals surface area contributed by atoms with Gasteiger partial charge < -0.3 is 9.47 Å². The fraction of sp³-hybridized carbons (Fsp3) is 0.458. The van der Waals surface area contributed by atoms with E-state index in [-0.39, 0.29) is 25.7 Å². The lowest BCUT2D eigenvalue weighted by molar-refractivity contribution is 0.124.